The van der Waals surface area contributed by atoms with Gasteiger partial charge in [-0.3, -0.25) is 10.1 Å². The van der Waals surface area contributed by atoms with Crippen LogP contribution in [0, 0.1) is 28.4 Å². The third kappa shape index (κ3) is 2.90. The third-order valence-corrected chi connectivity index (χ3v) is 3.04. The molecule has 0 spiro atoms. The number of hydrogen-bond donors (Lipinski definition) is 0. The number of aromatic nitrogens is 2. The number of anilines is 2. The van der Waals surface area contributed by atoms with E-state index >= 15 is 0 Å². The third-order valence-electron chi connectivity index (χ3n) is 2.88. The number of aryl methyl sites for hydroxylation is 1. The lowest BCUT2D eigenvalue weighted by Crippen LogP contribution is -2.15. The second-order valence-electron chi connectivity index (χ2n) is 4.23. The lowest BCUT2D eigenvalue weighted by atomic mass is 10.2. The number of benzene rings is 1. The highest BCUT2D eigenvalue weighted by molar-refractivity contribution is 6.28. The van der Waals surface area contributed by atoms with E-state index in [4.69, 9.17) is 16.9 Å². The van der Waals surface area contributed by atoms with E-state index in [9.17, 15) is 10.1 Å². The number of nitriles is 1. The van der Waals surface area contributed by atoms with Crippen LogP contribution in [0.25, 0.3) is 0 Å². The summed E-state index contributed by atoms with van der Waals surface area (Å²) in [5, 5.41) is 20.1. The average Bonchev–Trinajstić information content (AvgIpc) is 2.45. The molecule has 0 unspecified atom stereocenters. The maximum atomic E-state index is 11.2. The zero-order valence-corrected chi connectivity index (χ0v) is 12.0. The van der Waals surface area contributed by atoms with Gasteiger partial charge in [0.1, 0.15) is 5.69 Å². The molecule has 0 aliphatic rings. The van der Waals surface area contributed by atoms with Crippen molar-refractivity contribution in [2.75, 3.05) is 11.9 Å². The van der Waals surface area contributed by atoms with Gasteiger partial charge in [-0.05, 0) is 36.7 Å². The Bertz CT molecular complexity index is 757. The summed E-state index contributed by atoms with van der Waals surface area (Å²) in [5.41, 5.74) is 0.993. The number of nitrogens with zero attached hydrogens (tertiary/aromatic N) is 5. The first-order valence-corrected chi connectivity index (χ1v) is 6.24. The summed E-state index contributed by atoms with van der Waals surface area (Å²) in [7, 11) is 1.61. The molecule has 0 saturated carbocycles. The van der Waals surface area contributed by atoms with Crippen LogP contribution >= 0.6 is 11.6 Å². The number of rotatable bonds is 3. The first kappa shape index (κ1) is 14.7. The Labute approximate surface area is 125 Å². The predicted molar refractivity (Wildman–Crippen MR) is 77.7 cm³/mol. The van der Waals surface area contributed by atoms with E-state index in [1.807, 2.05) is 6.07 Å². The molecule has 21 heavy (non-hydrogen) atoms. The lowest BCUT2D eigenvalue weighted by molar-refractivity contribution is -0.385. The van der Waals surface area contributed by atoms with Crippen LogP contribution in [0.1, 0.15) is 11.3 Å². The fraction of sp³-hybridized carbons (Fsp3) is 0.154. The first-order valence-electron chi connectivity index (χ1n) is 5.86. The molecule has 7 nitrogen and oxygen atoms in total. The van der Waals surface area contributed by atoms with Gasteiger partial charge in [0, 0.05) is 12.7 Å². The minimum absolute atomic E-state index is 0.0728. The molecule has 0 fully saturated rings. The second kappa shape index (κ2) is 5.73. The fourth-order valence-electron chi connectivity index (χ4n) is 1.87. The summed E-state index contributed by atoms with van der Waals surface area (Å²) in [6.07, 6.45) is 0. The highest BCUT2D eigenvalue weighted by atomic mass is 35.5. The summed E-state index contributed by atoms with van der Waals surface area (Å²) in [6.45, 7) is 1.49. The van der Waals surface area contributed by atoms with Gasteiger partial charge < -0.3 is 4.90 Å². The maximum Gasteiger partial charge on any atom is 0.333 e. The highest BCUT2D eigenvalue weighted by Gasteiger charge is 2.25. The number of halogens is 1. The fourth-order valence-corrected chi connectivity index (χ4v) is 2.08. The van der Waals surface area contributed by atoms with E-state index in [2.05, 4.69) is 9.97 Å². The Balaban J connectivity index is 2.60. The van der Waals surface area contributed by atoms with Crippen molar-refractivity contribution >= 4 is 28.8 Å². The van der Waals surface area contributed by atoms with Gasteiger partial charge in [-0.25, -0.2) is 4.98 Å². The Morgan fingerprint density at radius 3 is 2.76 bits per heavy atom. The zero-order chi connectivity index (χ0) is 15.6. The molecular weight excluding hydrogens is 294 g/mol. The molecule has 8 heteroatoms. The molecule has 0 bridgehead atoms. The van der Waals surface area contributed by atoms with Crippen LogP contribution in [0.5, 0.6) is 0 Å². The van der Waals surface area contributed by atoms with Crippen LogP contribution in [0.2, 0.25) is 5.28 Å². The molecule has 1 aromatic carbocycles. The van der Waals surface area contributed by atoms with Crippen molar-refractivity contribution in [3.8, 4) is 6.07 Å². The van der Waals surface area contributed by atoms with Gasteiger partial charge >= 0.3 is 5.69 Å². The quantitative estimate of drug-likeness (QED) is 0.491. The summed E-state index contributed by atoms with van der Waals surface area (Å²) in [6, 6.07) is 8.67. The second-order valence-corrected chi connectivity index (χ2v) is 4.57. The van der Waals surface area contributed by atoms with Gasteiger partial charge in [-0.2, -0.15) is 10.2 Å². The summed E-state index contributed by atoms with van der Waals surface area (Å²) < 4.78 is 0. The van der Waals surface area contributed by atoms with Crippen molar-refractivity contribution in [2.45, 2.75) is 6.92 Å². The Kier molecular flexibility index (Phi) is 4.00. The van der Waals surface area contributed by atoms with E-state index in [-0.39, 0.29) is 22.5 Å². The van der Waals surface area contributed by atoms with Crippen molar-refractivity contribution in [2.24, 2.45) is 0 Å². The van der Waals surface area contributed by atoms with Crippen LogP contribution < -0.4 is 4.90 Å². The molecule has 0 saturated heterocycles. The molecule has 1 aromatic heterocycles. The topological polar surface area (TPSA) is 96.0 Å². The summed E-state index contributed by atoms with van der Waals surface area (Å²) in [4.78, 5) is 19.9. The zero-order valence-electron chi connectivity index (χ0n) is 11.2. The Morgan fingerprint density at radius 2 is 2.14 bits per heavy atom. The largest absolute Gasteiger partial charge is 0.333 e. The van der Waals surface area contributed by atoms with Crippen LogP contribution in [0.3, 0.4) is 0 Å². The molecule has 0 amide bonds. The van der Waals surface area contributed by atoms with Gasteiger partial charge in [-0.1, -0.05) is 6.07 Å². The van der Waals surface area contributed by atoms with Gasteiger partial charge in [0.2, 0.25) is 11.1 Å². The lowest BCUT2D eigenvalue weighted by Gasteiger charge is -2.18. The summed E-state index contributed by atoms with van der Waals surface area (Å²) in [5.74, 6) is 0.0765. The van der Waals surface area contributed by atoms with Crippen molar-refractivity contribution < 1.29 is 4.92 Å². The van der Waals surface area contributed by atoms with E-state index in [1.165, 1.54) is 11.8 Å². The van der Waals surface area contributed by atoms with Gasteiger partial charge in [0.25, 0.3) is 0 Å². The van der Waals surface area contributed by atoms with Crippen LogP contribution in [0.4, 0.5) is 17.2 Å². The van der Waals surface area contributed by atoms with Crippen molar-refractivity contribution in [1.29, 1.82) is 5.26 Å². The standard InChI is InChI=1S/C13H10ClN5O2/c1-8-11(19(20)21)12(17-13(14)16-8)18(2)10-5-3-4-9(6-10)7-15/h3-6H,1-2H3. The van der Waals surface area contributed by atoms with Crippen molar-refractivity contribution in [3.05, 3.63) is 50.9 Å². The van der Waals surface area contributed by atoms with Crippen LogP contribution in [0.15, 0.2) is 24.3 Å². The van der Waals surface area contributed by atoms with Crippen LogP contribution in [-0.2, 0) is 0 Å². The molecule has 0 radical (unpaired) electrons. The van der Waals surface area contributed by atoms with Gasteiger partial charge in [0.15, 0.2) is 0 Å². The number of nitro groups is 1. The monoisotopic (exact) mass is 303 g/mol. The van der Waals surface area contributed by atoms with E-state index in [0.29, 0.717) is 11.3 Å². The molecule has 0 atom stereocenters. The van der Waals surface area contributed by atoms with Crippen molar-refractivity contribution in [1.82, 2.24) is 9.97 Å². The smallest absolute Gasteiger partial charge is 0.324 e. The average molecular weight is 304 g/mol. The molecule has 2 aromatic rings. The Hall–Kier alpha value is -2.72. The highest BCUT2D eigenvalue weighted by Crippen LogP contribution is 2.33. The molecule has 0 aliphatic heterocycles. The SMILES string of the molecule is Cc1nc(Cl)nc(N(C)c2cccc(C#N)c2)c1[N+](=O)[O-]. The molecule has 106 valence electrons. The van der Waals surface area contributed by atoms with E-state index < -0.39 is 4.92 Å². The van der Waals surface area contributed by atoms with E-state index in [1.54, 1.807) is 31.3 Å². The van der Waals surface area contributed by atoms with Crippen molar-refractivity contribution in [3.63, 3.8) is 0 Å². The molecule has 0 N–H and O–H groups in total. The Morgan fingerprint density at radius 1 is 1.43 bits per heavy atom. The maximum absolute atomic E-state index is 11.2. The predicted octanol–water partition coefficient (Wildman–Crippen LogP) is 2.99. The molecule has 2 rings (SSSR count). The minimum atomic E-state index is -0.550. The first-order chi connectivity index (χ1) is 9.93. The number of hydrogen-bond acceptors (Lipinski definition) is 6. The molecule has 0 aliphatic carbocycles. The molecular formula is C13H10ClN5O2. The van der Waals surface area contributed by atoms with Crippen LogP contribution in [-0.4, -0.2) is 21.9 Å². The van der Waals surface area contributed by atoms with E-state index in [0.717, 1.165) is 0 Å². The normalized spacial score (nSPS) is 10.0. The molecule has 1 heterocycles. The van der Waals surface area contributed by atoms with Gasteiger partial charge in [0.05, 0.1) is 16.6 Å². The minimum Gasteiger partial charge on any atom is -0.324 e. The summed E-state index contributed by atoms with van der Waals surface area (Å²) >= 11 is 5.79. The van der Waals surface area contributed by atoms with Gasteiger partial charge in [-0.15, -0.1) is 0 Å².